The van der Waals surface area contributed by atoms with Crippen molar-refractivity contribution in [2.45, 2.75) is 64.5 Å². The summed E-state index contributed by atoms with van der Waals surface area (Å²) in [5.41, 5.74) is 0.187. The predicted molar refractivity (Wildman–Crippen MR) is 82.9 cm³/mol. The van der Waals surface area contributed by atoms with Gasteiger partial charge in [0.25, 0.3) is 5.91 Å². The fourth-order valence-corrected chi connectivity index (χ4v) is 3.36. The summed E-state index contributed by atoms with van der Waals surface area (Å²) in [6.45, 7) is 5.85. The van der Waals surface area contributed by atoms with Gasteiger partial charge >= 0.3 is 5.97 Å². The van der Waals surface area contributed by atoms with E-state index in [1.165, 1.54) is 4.90 Å². The molecule has 2 rings (SSSR count). The highest BCUT2D eigenvalue weighted by atomic mass is 16.4. The topological polar surface area (TPSA) is 75.4 Å². The van der Waals surface area contributed by atoms with E-state index in [0.717, 1.165) is 25.0 Å². The van der Waals surface area contributed by atoms with E-state index in [9.17, 15) is 14.7 Å². The van der Waals surface area contributed by atoms with Crippen LogP contribution in [0.4, 0.5) is 0 Å². The summed E-state index contributed by atoms with van der Waals surface area (Å²) in [6.07, 6.45) is 5.29. The number of amides is 1. The second-order valence-electron chi connectivity index (χ2n) is 6.44. The van der Waals surface area contributed by atoms with Crippen molar-refractivity contribution in [3.8, 4) is 0 Å². The molecule has 0 bridgehead atoms. The number of carbonyl (C=O) groups excluding carboxylic acids is 1. The number of hydrogen-bond acceptors (Lipinski definition) is 3. The van der Waals surface area contributed by atoms with Gasteiger partial charge < -0.3 is 10.0 Å². The van der Waals surface area contributed by atoms with Gasteiger partial charge in [-0.2, -0.15) is 5.10 Å². The molecule has 6 heteroatoms. The summed E-state index contributed by atoms with van der Waals surface area (Å²) in [4.78, 5) is 26.1. The van der Waals surface area contributed by atoms with Crippen molar-refractivity contribution in [1.82, 2.24) is 14.7 Å². The molecule has 122 valence electrons. The Bertz CT molecular complexity index is 571. The number of carboxylic acid groups (broad SMARTS) is 1. The average molecular weight is 307 g/mol. The number of nitrogens with zero attached hydrogens (tertiary/aromatic N) is 3. The first kappa shape index (κ1) is 16.5. The number of hydrogen-bond donors (Lipinski definition) is 1. The highest BCUT2D eigenvalue weighted by Gasteiger charge is 2.46. The number of rotatable bonds is 4. The molecule has 1 fully saturated rings. The fraction of sp³-hybridized carbons (Fsp3) is 0.688. The van der Waals surface area contributed by atoms with Crippen LogP contribution in [0.3, 0.4) is 0 Å². The second kappa shape index (κ2) is 6.10. The van der Waals surface area contributed by atoms with Crippen LogP contribution in [-0.2, 0) is 4.79 Å². The average Bonchev–Trinajstić information content (AvgIpc) is 2.88. The number of carbonyl (C=O) groups is 2. The highest BCUT2D eigenvalue weighted by molar-refractivity contribution is 5.98. The lowest BCUT2D eigenvalue weighted by Crippen LogP contribution is -2.56. The monoisotopic (exact) mass is 307 g/mol. The summed E-state index contributed by atoms with van der Waals surface area (Å²) >= 11 is 0. The van der Waals surface area contributed by atoms with Crippen LogP contribution in [0.15, 0.2) is 6.20 Å². The van der Waals surface area contributed by atoms with Crippen molar-refractivity contribution < 1.29 is 14.7 Å². The van der Waals surface area contributed by atoms with Gasteiger partial charge in [-0.05, 0) is 33.6 Å². The Labute approximate surface area is 131 Å². The zero-order valence-electron chi connectivity index (χ0n) is 13.8. The Morgan fingerprint density at radius 1 is 1.32 bits per heavy atom. The highest BCUT2D eigenvalue weighted by Crippen LogP contribution is 2.34. The standard InChI is InChI=1S/C16H25N3O3/c1-11(2)19-12(3)13(10-17-19)14(20)18(4)16(15(21)22)8-6-5-7-9-16/h10-11H,5-9H2,1-4H3,(H,21,22). The summed E-state index contributed by atoms with van der Waals surface area (Å²) in [5.74, 6) is -1.16. The molecule has 1 aliphatic rings. The maximum atomic E-state index is 12.8. The number of aliphatic carboxylic acids is 1. The van der Waals surface area contributed by atoms with Crippen molar-refractivity contribution in [3.63, 3.8) is 0 Å². The van der Waals surface area contributed by atoms with Gasteiger partial charge in [-0.25, -0.2) is 4.79 Å². The first-order valence-corrected chi connectivity index (χ1v) is 7.87. The Balaban J connectivity index is 2.33. The molecule has 1 aliphatic carbocycles. The quantitative estimate of drug-likeness (QED) is 0.928. The molecule has 6 nitrogen and oxygen atoms in total. The molecule has 0 saturated heterocycles. The minimum absolute atomic E-state index is 0.162. The van der Waals surface area contributed by atoms with Gasteiger partial charge in [-0.1, -0.05) is 19.3 Å². The van der Waals surface area contributed by atoms with Crippen molar-refractivity contribution in [2.75, 3.05) is 7.05 Å². The van der Waals surface area contributed by atoms with Crippen molar-refractivity contribution in [1.29, 1.82) is 0 Å². The molecule has 1 heterocycles. The second-order valence-corrected chi connectivity index (χ2v) is 6.44. The summed E-state index contributed by atoms with van der Waals surface area (Å²) < 4.78 is 1.79. The number of likely N-dealkylation sites (N-methyl/N-ethyl adjacent to an activating group) is 1. The van der Waals surface area contributed by atoms with Crippen LogP contribution < -0.4 is 0 Å². The molecule has 0 unspecified atom stereocenters. The summed E-state index contributed by atoms with van der Waals surface area (Å²) in [5, 5.41) is 14.0. The van der Waals surface area contributed by atoms with Gasteiger partial charge in [-0.3, -0.25) is 9.48 Å². The minimum Gasteiger partial charge on any atom is -0.479 e. The van der Waals surface area contributed by atoms with Crippen LogP contribution in [0.2, 0.25) is 0 Å². The van der Waals surface area contributed by atoms with Crippen LogP contribution in [0.5, 0.6) is 0 Å². The minimum atomic E-state index is -1.08. The van der Waals surface area contributed by atoms with Crippen LogP contribution in [0.25, 0.3) is 0 Å². The third-order valence-electron chi connectivity index (χ3n) is 4.79. The molecule has 1 aromatic rings. The normalized spacial score (nSPS) is 17.5. The lowest BCUT2D eigenvalue weighted by Gasteiger charge is -2.40. The van der Waals surface area contributed by atoms with Gasteiger partial charge in [0.1, 0.15) is 5.54 Å². The zero-order chi connectivity index (χ0) is 16.5. The SMILES string of the molecule is Cc1c(C(=O)N(C)C2(C(=O)O)CCCCC2)cnn1C(C)C. The van der Waals surface area contributed by atoms with E-state index in [0.29, 0.717) is 18.4 Å². The smallest absolute Gasteiger partial charge is 0.329 e. The van der Waals surface area contributed by atoms with Crippen molar-refractivity contribution in [2.24, 2.45) is 0 Å². The third-order valence-corrected chi connectivity index (χ3v) is 4.79. The fourth-order valence-electron chi connectivity index (χ4n) is 3.36. The maximum Gasteiger partial charge on any atom is 0.329 e. The maximum absolute atomic E-state index is 12.8. The molecule has 0 aliphatic heterocycles. The molecule has 1 saturated carbocycles. The summed E-state index contributed by atoms with van der Waals surface area (Å²) in [6, 6.07) is 0.162. The van der Waals surface area contributed by atoms with E-state index in [1.54, 1.807) is 17.9 Å². The van der Waals surface area contributed by atoms with Crippen molar-refractivity contribution in [3.05, 3.63) is 17.5 Å². The molecular formula is C16H25N3O3. The lowest BCUT2D eigenvalue weighted by molar-refractivity contribution is -0.151. The molecule has 0 radical (unpaired) electrons. The Morgan fingerprint density at radius 3 is 2.36 bits per heavy atom. The van der Waals surface area contributed by atoms with Gasteiger partial charge in [0.05, 0.1) is 11.8 Å². The Hall–Kier alpha value is -1.85. The van der Waals surface area contributed by atoms with Crippen molar-refractivity contribution >= 4 is 11.9 Å². The Kier molecular flexibility index (Phi) is 4.58. The van der Waals surface area contributed by atoms with Crippen LogP contribution in [0.1, 0.15) is 68.0 Å². The number of carboxylic acids is 1. The van der Waals surface area contributed by atoms with E-state index in [-0.39, 0.29) is 11.9 Å². The molecule has 1 N–H and O–H groups in total. The van der Waals surface area contributed by atoms with Gasteiger partial charge in [-0.15, -0.1) is 0 Å². The molecule has 1 amide bonds. The van der Waals surface area contributed by atoms with E-state index in [2.05, 4.69) is 5.10 Å². The first-order chi connectivity index (χ1) is 10.3. The van der Waals surface area contributed by atoms with E-state index in [1.807, 2.05) is 20.8 Å². The first-order valence-electron chi connectivity index (χ1n) is 7.87. The van der Waals surface area contributed by atoms with Gasteiger partial charge in [0, 0.05) is 18.8 Å². The molecule has 0 spiro atoms. The van der Waals surface area contributed by atoms with Crippen LogP contribution in [0, 0.1) is 6.92 Å². The molecule has 22 heavy (non-hydrogen) atoms. The lowest BCUT2D eigenvalue weighted by atomic mass is 9.80. The number of aromatic nitrogens is 2. The van der Waals surface area contributed by atoms with Crippen LogP contribution >= 0.6 is 0 Å². The Morgan fingerprint density at radius 2 is 1.91 bits per heavy atom. The largest absolute Gasteiger partial charge is 0.479 e. The zero-order valence-corrected chi connectivity index (χ0v) is 13.8. The van der Waals surface area contributed by atoms with Gasteiger partial charge in [0.15, 0.2) is 0 Å². The molecule has 0 atom stereocenters. The van der Waals surface area contributed by atoms with E-state index >= 15 is 0 Å². The summed E-state index contributed by atoms with van der Waals surface area (Å²) in [7, 11) is 1.61. The third kappa shape index (κ3) is 2.62. The molecule has 1 aromatic heterocycles. The van der Waals surface area contributed by atoms with Gasteiger partial charge in [0.2, 0.25) is 0 Å². The molecule has 0 aromatic carbocycles. The van der Waals surface area contributed by atoms with E-state index in [4.69, 9.17) is 0 Å². The van der Waals surface area contributed by atoms with Crippen LogP contribution in [-0.4, -0.2) is 44.3 Å². The van der Waals surface area contributed by atoms with E-state index < -0.39 is 11.5 Å². The predicted octanol–water partition coefficient (Wildman–Crippen LogP) is 2.63. The molecular weight excluding hydrogens is 282 g/mol.